The molecule has 4 nitrogen and oxygen atoms in total. The van der Waals surface area contributed by atoms with E-state index in [1.165, 1.54) is 5.56 Å². The number of para-hydroxylation sites is 1. The normalized spacial score (nSPS) is 11.3. The third kappa shape index (κ3) is 5.75. The fourth-order valence-electron chi connectivity index (χ4n) is 2.41. The Labute approximate surface area is 149 Å². The number of hydrogen-bond acceptors (Lipinski definition) is 3. The molecule has 132 valence electrons. The van der Waals surface area contributed by atoms with Crippen molar-refractivity contribution in [2.75, 3.05) is 6.61 Å². The lowest BCUT2D eigenvalue weighted by Crippen LogP contribution is -2.24. The molecule has 0 atom stereocenters. The van der Waals surface area contributed by atoms with Crippen molar-refractivity contribution in [1.29, 1.82) is 0 Å². The Hall–Kier alpha value is -2.62. The summed E-state index contributed by atoms with van der Waals surface area (Å²) in [6.45, 7) is 8.43. The Morgan fingerprint density at radius 2 is 1.72 bits per heavy atom. The van der Waals surface area contributed by atoms with Crippen LogP contribution in [0, 0.1) is 0 Å². The lowest BCUT2D eigenvalue weighted by molar-refractivity contribution is -0.123. The summed E-state index contributed by atoms with van der Waals surface area (Å²) < 4.78 is 5.62. The number of amides is 1. The molecule has 4 heteroatoms. The monoisotopic (exact) mass is 338 g/mol. The summed E-state index contributed by atoms with van der Waals surface area (Å²) in [5.74, 6) is 1.29. The number of hydrazone groups is 1. The second-order valence-corrected chi connectivity index (χ2v) is 6.60. The van der Waals surface area contributed by atoms with Crippen LogP contribution in [0.4, 0.5) is 0 Å². The first-order valence-corrected chi connectivity index (χ1v) is 8.61. The molecule has 25 heavy (non-hydrogen) atoms. The molecule has 0 spiro atoms. The van der Waals surface area contributed by atoms with Crippen molar-refractivity contribution in [2.45, 2.75) is 39.5 Å². The number of carbonyl (C=O) groups is 1. The molecular formula is C21H26N2O2. The summed E-state index contributed by atoms with van der Waals surface area (Å²) in [7, 11) is 0. The van der Waals surface area contributed by atoms with Gasteiger partial charge in [-0.25, -0.2) is 5.43 Å². The molecule has 0 aliphatic rings. The molecule has 2 aromatic carbocycles. The SMILES string of the molecule is CC(C)c1ccc(/C=N/NC(=O)COc2ccccc2C(C)C)cc1. The summed E-state index contributed by atoms with van der Waals surface area (Å²) in [6.07, 6.45) is 1.63. The topological polar surface area (TPSA) is 50.7 Å². The van der Waals surface area contributed by atoms with Gasteiger partial charge in [-0.3, -0.25) is 4.79 Å². The maximum Gasteiger partial charge on any atom is 0.277 e. The quantitative estimate of drug-likeness (QED) is 0.598. The fraction of sp³-hybridized carbons (Fsp3) is 0.333. The van der Waals surface area contributed by atoms with E-state index in [1.54, 1.807) is 6.21 Å². The van der Waals surface area contributed by atoms with Crippen LogP contribution in [-0.4, -0.2) is 18.7 Å². The van der Waals surface area contributed by atoms with Gasteiger partial charge in [0, 0.05) is 0 Å². The van der Waals surface area contributed by atoms with Gasteiger partial charge in [0.25, 0.3) is 5.91 Å². The van der Waals surface area contributed by atoms with Crippen LogP contribution in [0.2, 0.25) is 0 Å². The summed E-state index contributed by atoms with van der Waals surface area (Å²) in [5, 5.41) is 3.98. The average molecular weight is 338 g/mol. The van der Waals surface area contributed by atoms with E-state index in [0.29, 0.717) is 11.8 Å². The second kappa shape index (κ2) is 9.02. The maximum atomic E-state index is 11.9. The summed E-state index contributed by atoms with van der Waals surface area (Å²) >= 11 is 0. The molecule has 0 saturated carbocycles. The van der Waals surface area contributed by atoms with E-state index < -0.39 is 0 Å². The smallest absolute Gasteiger partial charge is 0.277 e. The number of hydrogen-bond donors (Lipinski definition) is 1. The molecule has 0 aliphatic heterocycles. The highest BCUT2D eigenvalue weighted by molar-refractivity contribution is 5.83. The molecule has 1 amide bonds. The zero-order valence-electron chi connectivity index (χ0n) is 15.3. The summed E-state index contributed by atoms with van der Waals surface area (Å²) in [5.41, 5.74) is 5.80. The first kappa shape index (κ1) is 18.7. The van der Waals surface area contributed by atoms with Gasteiger partial charge in [-0.1, -0.05) is 70.2 Å². The zero-order chi connectivity index (χ0) is 18.2. The van der Waals surface area contributed by atoms with Crippen molar-refractivity contribution >= 4 is 12.1 Å². The molecule has 0 radical (unpaired) electrons. The van der Waals surface area contributed by atoms with Crippen LogP contribution in [0.1, 0.15) is 56.2 Å². The molecular weight excluding hydrogens is 312 g/mol. The standard InChI is InChI=1S/C21H26N2O2/c1-15(2)18-11-9-17(10-12-18)13-22-23-21(24)14-25-20-8-6-5-7-19(20)16(3)4/h5-13,15-16H,14H2,1-4H3,(H,23,24)/b22-13+. The largest absolute Gasteiger partial charge is 0.483 e. The zero-order valence-corrected chi connectivity index (χ0v) is 15.3. The maximum absolute atomic E-state index is 11.9. The molecule has 0 unspecified atom stereocenters. The number of nitrogens with zero attached hydrogens (tertiary/aromatic N) is 1. The lowest BCUT2D eigenvalue weighted by Gasteiger charge is -2.13. The Balaban J connectivity index is 1.84. The van der Waals surface area contributed by atoms with Gasteiger partial charge in [0.15, 0.2) is 6.61 Å². The lowest BCUT2D eigenvalue weighted by atomic mass is 10.0. The minimum atomic E-state index is -0.284. The van der Waals surface area contributed by atoms with Crippen LogP contribution in [0.5, 0.6) is 5.75 Å². The number of ether oxygens (including phenoxy) is 1. The van der Waals surface area contributed by atoms with Gasteiger partial charge >= 0.3 is 0 Å². The Kier molecular flexibility index (Phi) is 6.75. The predicted molar refractivity (Wildman–Crippen MR) is 102 cm³/mol. The van der Waals surface area contributed by atoms with Gasteiger partial charge in [-0.2, -0.15) is 5.10 Å². The second-order valence-electron chi connectivity index (χ2n) is 6.60. The Morgan fingerprint density at radius 3 is 2.36 bits per heavy atom. The van der Waals surface area contributed by atoms with Crippen LogP contribution < -0.4 is 10.2 Å². The van der Waals surface area contributed by atoms with E-state index in [9.17, 15) is 4.79 Å². The third-order valence-electron chi connectivity index (χ3n) is 3.91. The van der Waals surface area contributed by atoms with Crippen LogP contribution in [0.15, 0.2) is 53.6 Å². The van der Waals surface area contributed by atoms with Crippen LogP contribution in [0.3, 0.4) is 0 Å². The van der Waals surface area contributed by atoms with E-state index in [0.717, 1.165) is 16.9 Å². The van der Waals surface area contributed by atoms with E-state index in [-0.39, 0.29) is 12.5 Å². The van der Waals surface area contributed by atoms with E-state index in [1.807, 2.05) is 36.4 Å². The van der Waals surface area contributed by atoms with Gasteiger partial charge in [0.2, 0.25) is 0 Å². The van der Waals surface area contributed by atoms with Crippen molar-refractivity contribution in [3.05, 3.63) is 65.2 Å². The van der Waals surface area contributed by atoms with Crippen molar-refractivity contribution in [1.82, 2.24) is 5.43 Å². The molecule has 0 aromatic heterocycles. The van der Waals surface area contributed by atoms with E-state index in [2.05, 4.69) is 50.4 Å². The van der Waals surface area contributed by atoms with Crippen LogP contribution in [0.25, 0.3) is 0 Å². The average Bonchev–Trinajstić information content (AvgIpc) is 2.60. The minimum absolute atomic E-state index is 0.0621. The van der Waals surface area contributed by atoms with Gasteiger partial charge in [0.05, 0.1) is 6.21 Å². The van der Waals surface area contributed by atoms with Crippen LogP contribution in [-0.2, 0) is 4.79 Å². The molecule has 1 N–H and O–H groups in total. The molecule has 0 fully saturated rings. The third-order valence-corrected chi connectivity index (χ3v) is 3.91. The minimum Gasteiger partial charge on any atom is -0.483 e. The summed E-state index contributed by atoms with van der Waals surface area (Å²) in [6, 6.07) is 15.9. The van der Waals surface area contributed by atoms with Gasteiger partial charge < -0.3 is 4.74 Å². The van der Waals surface area contributed by atoms with Gasteiger partial charge in [-0.15, -0.1) is 0 Å². The highest BCUT2D eigenvalue weighted by Gasteiger charge is 2.08. The van der Waals surface area contributed by atoms with Gasteiger partial charge in [0.1, 0.15) is 5.75 Å². The van der Waals surface area contributed by atoms with Crippen molar-refractivity contribution in [3.8, 4) is 5.75 Å². The highest BCUT2D eigenvalue weighted by Crippen LogP contribution is 2.25. The Bertz CT molecular complexity index is 719. The number of rotatable bonds is 7. The summed E-state index contributed by atoms with van der Waals surface area (Å²) in [4.78, 5) is 11.9. The number of nitrogens with one attached hydrogen (secondary N) is 1. The predicted octanol–water partition coefficient (Wildman–Crippen LogP) is 4.46. The molecule has 2 rings (SSSR count). The molecule has 2 aromatic rings. The number of carbonyl (C=O) groups excluding carboxylic acids is 1. The van der Waals surface area contributed by atoms with Crippen LogP contribution >= 0.6 is 0 Å². The number of benzene rings is 2. The van der Waals surface area contributed by atoms with Crippen molar-refractivity contribution < 1.29 is 9.53 Å². The first-order valence-electron chi connectivity index (χ1n) is 8.61. The van der Waals surface area contributed by atoms with E-state index in [4.69, 9.17) is 4.74 Å². The first-order chi connectivity index (χ1) is 12.0. The Morgan fingerprint density at radius 1 is 1.04 bits per heavy atom. The molecule has 0 saturated heterocycles. The van der Waals surface area contributed by atoms with Crippen molar-refractivity contribution in [3.63, 3.8) is 0 Å². The van der Waals surface area contributed by atoms with Crippen molar-refractivity contribution in [2.24, 2.45) is 5.10 Å². The van der Waals surface area contributed by atoms with E-state index >= 15 is 0 Å². The molecule has 0 aliphatic carbocycles. The highest BCUT2D eigenvalue weighted by atomic mass is 16.5. The molecule has 0 heterocycles. The fourth-order valence-corrected chi connectivity index (χ4v) is 2.41. The molecule has 0 bridgehead atoms. The van der Waals surface area contributed by atoms with Gasteiger partial charge in [-0.05, 0) is 34.6 Å².